The predicted octanol–water partition coefficient (Wildman–Crippen LogP) is 6.77. The summed E-state index contributed by atoms with van der Waals surface area (Å²) in [4.78, 5) is 4.97. The van der Waals surface area contributed by atoms with Crippen molar-refractivity contribution < 1.29 is 0 Å². The molecule has 0 aliphatic heterocycles. The van der Waals surface area contributed by atoms with E-state index in [1.165, 1.54) is 33.2 Å². The van der Waals surface area contributed by atoms with Crippen LogP contribution in [0.1, 0.15) is 61.8 Å². The van der Waals surface area contributed by atoms with E-state index >= 15 is 0 Å². The van der Waals surface area contributed by atoms with Gasteiger partial charge in [0.2, 0.25) is 0 Å². The summed E-state index contributed by atoms with van der Waals surface area (Å²) in [6.07, 6.45) is 0. The fourth-order valence-electron chi connectivity index (χ4n) is 3.67. The smallest absolute Gasteiger partial charge is 0.0712 e. The molecule has 0 atom stereocenters. The first-order valence-electron chi connectivity index (χ1n) is 8.89. The second-order valence-electron chi connectivity index (χ2n) is 7.52. The molecule has 0 aliphatic carbocycles. The Morgan fingerprint density at radius 2 is 1.42 bits per heavy atom. The first-order valence-corrected chi connectivity index (χ1v) is 8.89. The van der Waals surface area contributed by atoms with E-state index in [0.717, 1.165) is 11.2 Å². The molecule has 1 aromatic heterocycles. The van der Waals surface area contributed by atoms with Crippen LogP contribution < -0.4 is 0 Å². The molecule has 0 saturated carbocycles. The Kier molecular flexibility index (Phi) is 4.45. The van der Waals surface area contributed by atoms with Crippen LogP contribution >= 0.6 is 0 Å². The fourth-order valence-corrected chi connectivity index (χ4v) is 3.67. The number of aryl methyl sites for hydroxylation is 2. The van der Waals surface area contributed by atoms with E-state index < -0.39 is 0 Å². The van der Waals surface area contributed by atoms with E-state index in [1.807, 2.05) is 0 Å². The van der Waals surface area contributed by atoms with Gasteiger partial charge in [0.15, 0.2) is 0 Å². The van der Waals surface area contributed by atoms with E-state index in [4.69, 9.17) is 4.98 Å². The molecule has 0 N–H and O–H groups in total. The molecule has 0 bridgehead atoms. The number of nitrogens with zero attached hydrogens (tertiary/aromatic N) is 1. The van der Waals surface area contributed by atoms with Gasteiger partial charge in [0.1, 0.15) is 0 Å². The summed E-state index contributed by atoms with van der Waals surface area (Å²) in [6.45, 7) is 13.4. The van der Waals surface area contributed by atoms with Gasteiger partial charge in [0.25, 0.3) is 0 Å². The number of rotatable bonds is 3. The maximum absolute atomic E-state index is 4.97. The molecule has 0 fully saturated rings. The third-order valence-electron chi connectivity index (χ3n) is 4.66. The third kappa shape index (κ3) is 3.08. The van der Waals surface area contributed by atoms with E-state index in [1.54, 1.807) is 0 Å². The van der Waals surface area contributed by atoms with Gasteiger partial charge in [-0.15, -0.1) is 0 Å². The van der Waals surface area contributed by atoms with Crippen LogP contribution in [0.4, 0.5) is 0 Å². The quantitative estimate of drug-likeness (QED) is 0.519. The van der Waals surface area contributed by atoms with E-state index in [-0.39, 0.29) is 0 Å². The summed E-state index contributed by atoms with van der Waals surface area (Å²) in [7, 11) is 0. The lowest BCUT2D eigenvalue weighted by molar-refractivity contribution is 0.797. The molecule has 0 saturated heterocycles. The molecule has 1 nitrogen and oxygen atoms in total. The zero-order valence-electron chi connectivity index (χ0n) is 15.6. The van der Waals surface area contributed by atoms with E-state index in [0.29, 0.717) is 11.8 Å². The average molecular weight is 317 g/mol. The zero-order chi connectivity index (χ0) is 17.4. The van der Waals surface area contributed by atoms with Crippen LogP contribution in [0.3, 0.4) is 0 Å². The summed E-state index contributed by atoms with van der Waals surface area (Å²) in [5.74, 6) is 1.03. The third-order valence-corrected chi connectivity index (χ3v) is 4.66. The molecule has 0 unspecified atom stereocenters. The lowest BCUT2D eigenvalue weighted by atomic mass is 9.87. The lowest BCUT2D eigenvalue weighted by Crippen LogP contribution is -2.01. The van der Waals surface area contributed by atoms with Crippen molar-refractivity contribution in [2.75, 3.05) is 0 Å². The van der Waals surface area contributed by atoms with Crippen molar-refractivity contribution in [1.29, 1.82) is 0 Å². The van der Waals surface area contributed by atoms with Crippen LogP contribution in [-0.4, -0.2) is 4.98 Å². The van der Waals surface area contributed by atoms with Gasteiger partial charge < -0.3 is 0 Å². The standard InChI is InChI=1S/C23H27N/c1-14(2)19-7-10-22-20(23(19)15(3)4)8-9-21(24-22)18-12-16(5)11-17(6)13-18/h7-15H,1-6H3. The van der Waals surface area contributed by atoms with Crippen LogP contribution in [0.5, 0.6) is 0 Å². The largest absolute Gasteiger partial charge is 0.248 e. The predicted molar refractivity (Wildman–Crippen MR) is 105 cm³/mol. The van der Waals surface area contributed by atoms with Gasteiger partial charge in [0.05, 0.1) is 11.2 Å². The van der Waals surface area contributed by atoms with Crippen molar-refractivity contribution in [2.24, 2.45) is 0 Å². The summed E-state index contributed by atoms with van der Waals surface area (Å²) in [5, 5.41) is 1.30. The zero-order valence-corrected chi connectivity index (χ0v) is 15.6. The monoisotopic (exact) mass is 317 g/mol. The fraction of sp³-hybridized carbons (Fsp3) is 0.348. The second kappa shape index (κ2) is 6.39. The molecular formula is C23H27N. The molecular weight excluding hydrogens is 290 g/mol. The molecule has 3 rings (SSSR count). The van der Waals surface area contributed by atoms with Crippen molar-refractivity contribution >= 4 is 10.9 Å². The van der Waals surface area contributed by atoms with Gasteiger partial charge in [-0.2, -0.15) is 0 Å². The Morgan fingerprint density at radius 1 is 0.750 bits per heavy atom. The van der Waals surface area contributed by atoms with Gasteiger partial charge in [-0.25, -0.2) is 4.98 Å². The van der Waals surface area contributed by atoms with Crippen LogP contribution in [0.25, 0.3) is 22.2 Å². The minimum absolute atomic E-state index is 0.500. The van der Waals surface area contributed by atoms with E-state index in [9.17, 15) is 0 Å². The molecule has 24 heavy (non-hydrogen) atoms. The van der Waals surface area contributed by atoms with Gasteiger partial charge in [-0.1, -0.05) is 57.0 Å². The maximum Gasteiger partial charge on any atom is 0.0712 e. The highest BCUT2D eigenvalue weighted by atomic mass is 14.7. The van der Waals surface area contributed by atoms with Crippen LogP contribution in [-0.2, 0) is 0 Å². The minimum Gasteiger partial charge on any atom is -0.248 e. The highest BCUT2D eigenvalue weighted by Crippen LogP contribution is 2.33. The molecule has 0 aliphatic rings. The highest BCUT2D eigenvalue weighted by molar-refractivity contribution is 5.86. The van der Waals surface area contributed by atoms with Crippen molar-refractivity contribution in [3.8, 4) is 11.3 Å². The lowest BCUT2D eigenvalue weighted by Gasteiger charge is -2.19. The molecule has 2 aromatic carbocycles. The second-order valence-corrected chi connectivity index (χ2v) is 7.52. The average Bonchev–Trinajstić information content (AvgIpc) is 2.51. The van der Waals surface area contributed by atoms with Gasteiger partial charge in [-0.05, 0) is 61.1 Å². The summed E-state index contributed by atoms with van der Waals surface area (Å²) in [5.41, 5.74) is 8.81. The van der Waals surface area contributed by atoms with Crippen molar-refractivity contribution in [1.82, 2.24) is 4.98 Å². The number of benzene rings is 2. The minimum atomic E-state index is 0.500. The number of pyridine rings is 1. The summed E-state index contributed by atoms with van der Waals surface area (Å²) in [6, 6.07) is 15.5. The Labute approximate surface area is 145 Å². The normalized spacial score (nSPS) is 11.7. The van der Waals surface area contributed by atoms with Gasteiger partial charge >= 0.3 is 0 Å². The Bertz CT molecular complexity index is 868. The molecule has 0 radical (unpaired) electrons. The van der Waals surface area contributed by atoms with Crippen molar-refractivity contribution in [3.63, 3.8) is 0 Å². The number of fused-ring (bicyclic) bond motifs is 1. The SMILES string of the molecule is Cc1cc(C)cc(-c2ccc3c(C(C)C)c(C(C)C)ccc3n2)c1. The topological polar surface area (TPSA) is 12.9 Å². The van der Waals surface area contributed by atoms with Crippen LogP contribution in [0.15, 0.2) is 42.5 Å². The Hall–Kier alpha value is -2.15. The first-order chi connectivity index (χ1) is 11.4. The molecule has 124 valence electrons. The summed E-state index contributed by atoms with van der Waals surface area (Å²) >= 11 is 0. The van der Waals surface area contributed by atoms with Crippen LogP contribution in [0, 0.1) is 13.8 Å². The first kappa shape index (κ1) is 16.7. The Balaban J connectivity index is 2.21. The number of hydrogen-bond donors (Lipinski definition) is 0. The van der Waals surface area contributed by atoms with Crippen molar-refractivity contribution in [3.05, 3.63) is 64.7 Å². The molecule has 1 heterocycles. The number of hydrogen-bond acceptors (Lipinski definition) is 1. The summed E-state index contributed by atoms with van der Waals surface area (Å²) < 4.78 is 0. The van der Waals surface area contributed by atoms with Gasteiger partial charge in [0, 0.05) is 10.9 Å². The van der Waals surface area contributed by atoms with Gasteiger partial charge in [-0.3, -0.25) is 0 Å². The maximum atomic E-state index is 4.97. The molecule has 1 heteroatoms. The molecule has 3 aromatic rings. The van der Waals surface area contributed by atoms with Crippen LogP contribution in [0.2, 0.25) is 0 Å². The Morgan fingerprint density at radius 3 is 2.00 bits per heavy atom. The molecule has 0 spiro atoms. The highest BCUT2D eigenvalue weighted by Gasteiger charge is 2.15. The number of aromatic nitrogens is 1. The van der Waals surface area contributed by atoms with E-state index in [2.05, 4.69) is 84.0 Å². The van der Waals surface area contributed by atoms with Crippen molar-refractivity contribution in [2.45, 2.75) is 53.4 Å². The molecule has 0 amide bonds.